The second kappa shape index (κ2) is 7.08. The summed E-state index contributed by atoms with van der Waals surface area (Å²) in [5.74, 6) is -0.792. The molecule has 1 amide bonds. The summed E-state index contributed by atoms with van der Waals surface area (Å²) in [6, 6.07) is 7.58. The van der Waals surface area contributed by atoms with Gasteiger partial charge in [0.15, 0.2) is 0 Å². The third-order valence-corrected chi connectivity index (χ3v) is 3.43. The van der Waals surface area contributed by atoms with Crippen LogP contribution in [0.15, 0.2) is 24.3 Å². The van der Waals surface area contributed by atoms with E-state index >= 15 is 0 Å². The molecule has 0 unspecified atom stereocenters. The van der Waals surface area contributed by atoms with Gasteiger partial charge in [0.2, 0.25) is 5.91 Å². The van der Waals surface area contributed by atoms with E-state index in [0.717, 1.165) is 11.3 Å². The van der Waals surface area contributed by atoms with Crippen molar-refractivity contribution in [3.63, 3.8) is 0 Å². The molecule has 0 bridgehead atoms. The van der Waals surface area contributed by atoms with Crippen molar-refractivity contribution in [2.24, 2.45) is 5.92 Å². The third kappa shape index (κ3) is 3.95. The first kappa shape index (κ1) is 15.3. The minimum absolute atomic E-state index is 0.205. The van der Waals surface area contributed by atoms with E-state index in [1.165, 1.54) is 12.0 Å². The number of hydrogen-bond donors (Lipinski definition) is 1. The van der Waals surface area contributed by atoms with Crippen molar-refractivity contribution < 1.29 is 24.2 Å². The van der Waals surface area contributed by atoms with Crippen LogP contribution in [0, 0.1) is 5.92 Å². The Kier molecular flexibility index (Phi) is 5.16. The molecule has 1 aliphatic rings. The van der Waals surface area contributed by atoms with E-state index in [2.05, 4.69) is 0 Å². The Morgan fingerprint density at radius 1 is 1.43 bits per heavy atom. The number of ether oxygens (including phenoxy) is 2. The van der Waals surface area contributed by atoms with E-state index in [-0.39, 0.29) is 31.5 Å². The molecule has 0 fully saturated rings. The lowest BCUT2D eigenvalue weighted by Gasteiger charge is -2.29. The molecule has 1 aromatic carbocycles. The number of para-hydroxylation sites is 1. The van der Waals surface area contributed by atoms with E-state index in [9.17, 15) is 9.59 Å². The van der Waals surface area contributed by atoms with Crippen molar-refractivity contribution >= 4 is 11.9 Å². The molecule has 1 aliphatic heterocycles. The molecular weight excluding hydrogens is 274 g/mol. The Balaban J connectivity index is 2.05. The van der Waals surface area contributed by atoms with Gasteiger partial charge < -0.3 is 19.5 Å². The Bertz CT molecular complexity index is 517. The number of benzene rings is 1. The number of fused-ring (bicyclic) bond motifs is 1. The Hall–Kier alpha value is -2.08. The summed E-state index contributed by atoms with van der Waals surface area (Å²) in [4.78, 5) is 24.7. The van der Waals surface area contributed by atoms with Gasteiger partial charge in [-0.1, -0.05) is 18.2 Å². The standard InChI is InChI=1S/C15H19NO5/c1-20-7-6-16(9-14(17)18)15(19)12-8-11-4-2-3-5-13(11)21-10-12/h2-5,12H,6-10H2,1H3,(H,17,18)/t12-/m0/s1. The number of methoxy groups -OCH3 is 1. The Morgan fingerprint density at radius 3 is 2.90 bits per heavy atom. The molecule has 0 radical (unpaired) electrons. The highest BCUT2D eigenvalue weighted by Gasteiger charge is 2.30. The first-order valence-corrected chi connectivity index (χ1v) is 6.82. The first-order valence-electron chi connectivity index (χ1n) is 6.82. The fourth-order valence-corrected chi connectivity index (χ4v) is 2.38. The van der Waals surface area contributed by atoms with Crippen LogP contribution in [0.25, 0.3) is 0 Å². The maximum Gasteiger partial charge on any atom is 0.323 e. The number of rotatable bonds is 6. The van der Waals surface area contributed by atoms with Crippen molar-refractivity contribution in [3.05, 3.63) is 29.8 Å². The van der Waals surface area contributed by atoms with Gasteiger partial charge in [0.25, 0.3) is 0 Å². The third-order valence-electron chi connectivity index (χ3n) is 3.43. The average molecular weight is 293 g/mol. The SMILES string of the molecule is COCCN(CC(=O)O)C(=O)[C@@H]1COc2ccccc2C1. The number of aliphatic carboxylic acids is 1. The van der Waals surface area contributed by atoms with Crippen LogP contribution in [0.1, 0.15) is 5.56 Å². The second-order valence-corrected chi connectivity index (χ2v) is 4.97. The van der Waals surface area contributed by atoms with Crippen LogP contribution in [0.4, 0.5) is 0 Å². The van der Waals surface area contributed by atoms with Gasteiger partial charge in [-0.15, -0.1) is 0 Å². The summed E-state index contributed by atoms with van der Waals surface area (Å²) in [5.41, 5.74) is 0.976. The van der Waals surface area contributed by atoms with Crippen LogP contribution in [0.5, 0.6) is 5.75 Å². The largest absolute Gasteiger partial charge is 0.492 e. The molecule has 0 saturated heterocycles. The Labute approximate surface area is 123 Å². The monoisotopic (exact) mass is 293 g/mol. The summed E-state index contributed by atoms with van der Waals surface area (Å²) in [5, 5.41) is 8.92. The van der Waals surface area contributed by atoms with E-state index < -0.39 is 5.97 Å². The van der Waals surface area contributed by atoms with Crippen molar-refractivity contribution in [3.8, 4) is 5.75 Å². The summed E-state index contributed by atoms with van der Waals surface area (Å²) in [6.07, 6.45) is 0.568. The van der Waals surface area contributed by atoms with Crippen LogP contribution in [-0.4, -0.2) is 55.3 Å². The molecule has 0 aliphatic carbocycles. The van der Waals surface area contributed by atoms with Gasteiger partial charge in [-0.2, -0.15) is 0 Å². The van der Waals surface area contributed by atoms with Crippen LogP contribution in [0.3, 0.4) is 0 Å². The minimum Gasteiger partial charge on any atom is -0.492 e. The molecule has 114 valence electrons. The summed E-state index contributed by atoms with van der Waals surface area (Å²) < 4.78 is 10.5. The van der Waals surface area contributed by atoms with Gasteiger partial charge in [0.05, 0.1) is 12.5 Å². The summed E-state index contributed by atoms with van der Waals surface area (Å²) in [7, 11) is 1.52. The highest BCUT2D eigenvalue weighted by atomic mass is 16.5. The lowest BCUT2D eigenvalue weighted by atomic mass is 9.95. The van der Waals surface area contributed by atoms with E-state index in [1.807, 2.05) is 24.3 Å². The smallest absolute Gasteiger partial charge is 0.323 e. The van der Waals surface area contributed by atoms with Gasteiger partial charge in [-0.05, 0) is 18.1 Å². The topological polar surface area (TPSA) is 76.1 Å². The molecule has 1 N–H and O–H groups in total. The number of hydrogen-bond acceptors (Lipinski definition) is 4. The minimum atomic E-state index is -1.03. The van der Waals surface area contributed by atoms with E-state index in [4.69, 9.17) is 14.6 Å². The lowest BCUT2D eigenvalue weighted by Crippen LogP contribution is -2.44. The molecule has 6 heteroatoms. The molecule has 6 nitrogen and oxygen atoms in total. The predicted molar refractivity (Wildman–Crippen MR) is 75.2 cm³/mol. The van der Waals surface area contributed by atoms with Gasteiger partial charge in [-0.3, -0.25) is 9.59 Å². The number of carboxylic acid groups (broad SMARTS) is 1. The van der Waals surface area contributed by atoms with Crippen LogP contribution < -0.4 is 4.74 Å². The van der Waals surface area contributed by atoms with Gasteiger partial charge in [-0.25, -0.2) is 0 Å². The highest BCUT2D eigenvalue weighted by molar-refractivity contribution is 5.83. The maximum absolute atomic E-state index is 12.5. The molecule has 1 aromatic rings. The van der Waals surface area contributed by atoms with Crippen LogP contribution >= 0.6 is 0 Å². The number of carbonyl (C=O) groups excluding carboxylic acids is 1. The average Bonchev–Trinajstić information content (AvgIpc) is 2.50. The number of amides is 1. The maximum atomic E-state index is 12.5. The summed E-state index contributed by atoms with van der Waals surface area (Å²) >= 11 is 0. The first-order chi connectivity index (χ1) is 10.1. The molecule has 21 heavy (non-hydrogen) atoms. The molecule has 1 atom stereocenters. The zero-order chi connectivity index (χ0) is 15.2. The zero-order valence-electron chi connectivity index (χ0n) is 11.9. The van der Waals surface area contributed by atoms with E-state index in [0.29, 0.717) is 13.0 Å². The fourth-order valence-electron chi connectivity index (χ4n) is 2.38. The van der Waals surface area contributed by atoms with Gasteiger partial charge in [0, 0.05) is 13.7 Å². The number of carbonyl (C=O) groups is 2. The van der Waals surface area contributed by atoms with Crippen molar-refractivity contribution in [1.82, 2.24) is 4.90 Å². The zero-order valence-corrected chi connectivity index (χ0v) is 11.9. The molecule has 0 saturated carbocycles. The van der Waals surface area contributed by atoms with Gasteiger partial charge in [0.1, 0.15) is 18.9 Å². The number of nitrogens with zero attached hydrogens (tertiary/aromatic N) is 1. The second-order valence-electron chi connectivity index (χ2n) is 4.97. The predicted octanol–water partition coefficient (Wildman–Crippen LogP) is 0.797. The molecular formula is C15H19NO5. The van der Waals surface area contributed by atoms with Crippen molar-refractivity contribution in [2.75, 3.05) is 33.4 Å². The van der Waals surface area contributed by atoms with E-state index in [1.54, 1.807) is 0 Å². The molecule has 0 aromatic heterocycles. The quantitative estimate of drug-likeness (QED) is 0.839. The molecule has 0 spiro atoms. The highest BCUT2D eigenvalue weighted by Crippen LogP contribution is 2.27. The molecule has 1 heterocycles. The molecule has 2 rings (SSSR count). The number of carboxylic acids is 1. The normalized spacial score (nSPS) is 16.7. The van der Waals surface area contributed by atoms with Gasteiger partial charge >= 0.3 is 5.97 Å². The van der Waals surface area contributed by atoms with Crippen molar-refractivity contribution in [1.29, 1.82) is 0 Å². The lowest BCUT2D eigenvalue weighted by molar-refractivity contribution is -0.147. The van der Waals surface area contributed by atoms with Crippen molar-refractivity contribution in [2.45, 2.75) is 6.42 Å². The Morgan fingerprint density at radius 2 is 2.19 bits per heavy atom. The van der Waals surface area contributed by atoms with Crippen LogP contribution in [-0.2, 0) is 20.7 Å². The fraction of sp³-hybridized carbons (Fsp3) is 0.467. The van der Waals surface area contributed by atoms with Crippen LogP contribution in [0.2, 0.25) is 0 Å². The summed E-state index contributed by atoms with van der Waals surface area (Å²) in [6.45, 7) is 0.530.